The third kappa shape index (κ3) is 10.0. The number of hydrogen-bond acceptors (Lipinski definition) is 10. The number of nitrogens with one attached hydrogen (secondary N) is 4. The second-order valence-corrected chi connectivity index (χ2v) is 18.9. The van der Waals surface area contributed by atoms with Crippen molar-refractivity contribution in [1.82, 2.24) is 39.9 Å². The Bertz CT molecular complexity index is 3830. The fourth-order valence-electron chi connectivity index (χ4n) is 8.12. The van der Waals surface area contributed by atoms with Gasteiger partial charge in [0.15, 0.2) is 0 Å². The number of aromatic amines is 4. The summed E-state index contributed by atoms with van der Waals surface area (Å²) in [5.41, 5.74) is 16.8. The Labute approximate surface area is 404 Å². The molecule has 0 aliphatic carbocycles. The molecule has 0 fully saturated rings. The molecule has 4 aliphatic heterocycles. The Balaban J connectivity index is 0.000000158. The standard InChI is InChI=1S/2C26H18N4O3S.Fe/c2*31-34(32,33)24-9-1-16(2-10-24)25-14-23-13-21-6-5-19(28-21)11-17-3-4-18(27-17)12-20-7-8-22(29-20)15-26(25)30-23;/h2*1-15,28,30H,(H,31,32,33);/q;;+2/p-2. The van der Waals surface area contributed by atoms with E-state index < -0.39 is 20.2 Å². The fraction of sp³-hybridized carbons (Fsp3) is 0. The number of hydrogen-bond donors (Lipinski definition) is 4. The van der Waals surface area contributed by atoms with Crippen molar-refractivity contribution in [3.05, 3.63) is 179 Å². The predicted octanol–water partition coefficient (Wildman–Crippen LogP) is 10.5. The van der Waals surface area contributed by atoms with Crippen LogP contribution in [0, 0.1) is 0 Å². The first kappa shape index (κ1) is 44.8. The first-order chi connectivity index (χ1) is 32.8. The van der Waals surface area contributed by atoms with Gasteiger partial charge >= 0.3 is 17.1 Å². The molecule has 8 aromatic rings. The van der Waals surface area contributed by atoms with E-state index in [1.165, 1.54) is 24.3 Å². The second-order valence-electron chi connectivity index (χ2n) is 16.1. The average Bonchev–Trinajstić information content (AvgIpc) is 4.16. The molecule has 10 heterocycles. The van der Waals surface area contributed by atoms with Gasteiger partial charge in [0.05, 0.1) is 55.3 Å². The van der Waals surface area contributed by atoms with Crippen molar-refractivity contribution in [2.75, 3.05) is 0 Å². The van der Waals surface area contributed by atoms with E-state index in [0.717, 1.165) is 112 Å². The van der Waals surface area contributed by atoms with Gasteiger partial charge in [-0.1, -0.05) is 24.3 Å². The van der Waals surface area contributed by atoms with Crippen molar-refractivity contribution >= 4 is 113 Å². The van der Waals surface area contributed by atoms with Crippen LogP contribution in [-0.2, 0) is 37.3 Å². The number of benzene rings is 2. The molecular weight excluding hydrogens is 953 g/mol. The summed E-state index contributed by atoms with van der Waals surface area (Å²) in [4.78, 5) is 31.7. The van der Waals surface area contributed by atoms with Crippen LogP contribution < -0.4 is 0 Å². The van der Waals surface area contributed by atoms with E-state index in [9.17, 15) is 25.9 Å². The van der Waals surface area contributed by atoms with Crippen LogP contribution in [0.15, 0.2) is 143 Å². The quantitative estimate of drug-likeness (QED) is 0.0963. The zero-order valence-corrected chi connectivity index (χ0v) is 38.5. The molecule has 12 rings (SSSR count). The van der Waals surface area contributed by atoms with Crippen LogP contribution >= 0.6 is 0 Å². The number of aromatic nitrogens is 8. The first-order valence-corrected chi connectivity index (χ1v) is 23.9. The summed E-state index contributed by atoms with van der Waals surface area (Å²) in [6.45, 7) is 0. The molecule has 0 unspecified atom stereocenters. The molecule has 14 nitrogen and oxygen atoms in total. The molecule has 17 heteroatoms. The summed E-state index contributed by atoms with van der Waals surface area (Å²) in [5.74, 6) is 0. The van der Waals surface area contributed by atoms with E-state index in [2.05, 4.69) is 39.9 Å². The molecule has 4 aliphatic rings. The van der Waals surface area contributed by atoms with Crippen molar-refractivity contribution in [3.8, 4) is 22.3 Å². The average molecular weight is 987 g/mol. The minimum absolute atomic E-state index is 0. The van der Waals surface area contributed by atoms with Crippen LogP contribution in [0.2, 0.25) is 0 Å². The summed E-state index contributed by atoms with van der Waals surface area (Å²) in [5, 5.41) is 0. The molecule has 338 valence electrons. The molecule has 2 aromatic carbocycles. The maximum absolute atomic E-state index is 11.3. The maximum Gasteiger partial charge on any atom is 2.00 e. The number of nitrogens with zero attached hydrogens (tertiary/aromatic N) is 4. The summed E-state index contributed by atoms with van der Waals surface area (Å²) in [6, 6.07) is 39.4. The second kappa shape index (κ2) is 17.9. The van der Waals surface area contributed by atoms with Crippen LogP contribution in [-0.4, -0.2) is 65.8 Å². The fourth-order valence-corrected chi connectivity index (χ4v) is 9.06. The van der Waals surface area contributed by atoms with Gasteiger partial charge in [-0.2, -0.15) is 0 Å². The molecule has 6 aromatic heterocycles. The van der Waals surface area contributed by atoms with E-state index in [4.69, 9.17) is 0 Å². The van der Waals surface area contributed by atoms with Gasteiger partial charge in [0.1, 0.15) is 20.2 Å². The van der Waals surface area contributed by atoms with Crippen LogP contribution in [0.4, 0.5) is 0 Å². The maximum atomic E-state index is 11.3. The molecule has 0 radical (unpaired) electrons. The van der Waals surface area contributed by atoms with Crippen molar-refractivity contribution < 1.29 is 43.0 Å². The number of rotatable bonds is 4. The van der Waals surface area contributed by atoms with E-state index in [-0.39, 0.29) is 26.9 Å². The van der Waals surface area contributed by atoms with Crippen molar-refractivity contribution in [3.63, 3.8) is 0 Å². The zero-order chi connectivity index (χ0) is 46.6. The predicted molar refractivity (Wildman–Crippen MR) is 265 cm³/mol. The van der Waals surface area contributed by atoms with E-state index in [0.29, 0.717) is 0 Å². The monoisotopic (exact) mass is 986 g/mol. The van der Waals surface area contributed by atoms with E-state index in [1.54, 1.807) is 24.3 Å². The Morgan fingerprint density at radius 1 is 0.319 bits per heavy atom. The molecular formula is C52H34FeN8O6S2. The van der Waals surface area contributed by atoms with Crippen molar-refractivity contribution in [2.45, 2.75) is 9.79 Å². The van der Waals surface area contributed by atoms with Gasteiger partial charge in [0, 0.05) is 55.3 Å². The molecule has 0 saturated carbocycles. The summed E-state index contributed by atoms with van der Waals surface area (Å²) in [7, 11) is -9.01. The topological polar surface area (TPSA) is 229 Å². The molecule has 69 heavy (non-hydrogen) atoms. The number of fused-ring (bicyclic) bond motifs is 16. The van der Waals surface area contributed by atoms with E-state index >= 15 is 0 Å². The van der Waals surface area contributed by atoms with Gasteiger partial charge in [0.25, 0.3) is 0 Å². The Hall–Kier alpha value is -8.02. The molecule has 16 bridgehead atoms. The van der Waals surface area contributed by atoms with Gasteiger partial charge in [0.2, 0.25) is 0 Å². The number of H-pyrrole nitrogens is 4. The third-order valence-corrected chi connectivity index (χ3v) is 12.9. The zero-order valence-electron chi connectivity index (χ0n) is 35.7. The first-order valence-electron chi connectivity index (χ1n) is 21.1. The van der Waals surface area contributed by atoms with E-state index in [1.807, 2.05) is 134 Å². The Morgan fingerprint density at radius 2 is 0.609 bits per heavy atom. The van der Waals surface area contributed by atoms with Crippen LogP contribution in [0.1, 0.15) is 45.6 Å². The van der Waals surface area contributed by atoms with Crippen molar-refractivity contribution in [2.24, 2.45) is 0 Å². The molecule has 0 saturated heterocycles. The van der Waals surface area contributed by atoms with Gasteiger partial charge in [-0.15, -0.1) is 0 Å². The van der Waals surface area contributed by atoms with Gasteiger partial charge in [-0.25, -0.2) is 36.8 Å². The smallest absolute Gasteiger partial charge is 0.744 e. The summed E-state index contributed by atoms with van der Waals surface area (Å²) < 4.78 is 68.0. The normalized spacial score (nSPS) is 12.7. The molecule has 0 atom stereocenters. The van der Waals surface area contributed by atoms with Crippen molar-refractivity contribution in [1.29, 1.82) is 0 Å². The summed E-state index contributed by atoms with van der Waals surface area (Å²) >= 11 is 0. The van der Waals surface area contributed by atoms with Gasteiger partial charge in [-0.3, -0.25) is 0 Å². The Morgan fingerprint density at radius 3 is 0.928 bits per heavy atom. The van der Waals surface area contributed by atoms with Crippen LogP contribution in [0.3, 0.4) is 0 Å². The van der Waals surface area contributed by atoms with Crippen LogP contribution in [0.25, 0.3) is 115 Å². The minimum atomic E-state index is -4.51. The largest absolute Gasteiger partial charge is 2.00 e. The summed E-state index contributed by atoms with van der Waals surface area (Å²) in [6.07, 6.45) is 15.6. The molecule has 4 N–H and O–H groups in total. The minimum Gasteiger partial charge on any atom is -0.744 e. The van der Waals surface area contributed by atoms with Gasteiger partial charge < -0.3 is 29.0 Å². The van der Waals surface area contributed by atoms with Crippen LogP contribution in [0.5, 0.6) is 0 Å². The third-order valence-electron chi connectivity index (χ3n) is 11.2. The SMILES string of the molecule is O=S(=O)([O-])c1ccc(-c2cc3cc4ccc(cc5nc(cc6nc(cc2[nH]3)C=C6)C=C5)[nH]4)cc1.O=S(=O)([O-])c1ccc(-c2cc3cc4ccc(cc5nc(cc6nc(cc2[nH]3)C=C6)C=C5)[nH]4)cc1.[Fe+2]. The van der Waals surface area contributed by atoms with Gasteiger partial charge in [-0.05, 0) is 169 Å². The Kier molecular flexibility index (Phi) is 11.6. The molecule has 0 spiro atoms. The molecule has 0 amide bonds.